The summed E-state index contributed by atoms with van der Waals surface area (Å²) in [6.07, 6.45) is 6.29. The van der Waals surface area contributed by atoms with Gasteiger partial charge in [-0.05, 0) is 54.7 Å². The number of nitrogens with zero attached hydrogens (tertiary/aromatic N) is 1. The molecule has 0 unspecified atom stereocenters. The molecule has 3 aromatic carbocycles. The number of carbonyl (C=O) groups is 1. The van der Waals surface area contributed by atoms with Crippen molar-refractivity contribution in [3.63, 3.8) is 0 Å². The number of halogens is 1. The molecule has 0 radical (unpaired) electrons. The Kier molecular flexibility index (Phi) is 6.82. The number of thiol groups is 1. The van der Waals surface area contributed by atoms with E-state index in [1.54, 1.807) is 19.2 Å². The minimum atomic E-state index is -0.339. The van der Waals surface area contributed by atoms with E-state index in [1.807, 2.05) is 34.6 Å². The number of amides is 1. The van der Waals surface area contributed by atoms with Crippen LogP contribution in [0.3, 0.4) is 0 Å². The molecule has 0 aliphatic heterocycles. The Morgan fingerprint density at radius 3 is 2.43 bits per heavy atom. The van der Waals surface area contributed by atoms with Gasteiger partial charge in [-0.1, -0.05) is 62.4 Å². The van der Waals surface area contributed by atoms with Crippen molar-refractivity contribution in [2.24, 2.45) is 5.92 Å². The van der Waals surface area contributed by atoms with Gasteiger partial charge in [0.15, 0.2) is 0 Å². The lowest BCUT2D eigenvalue weighted by Crippen LogP contribution is -2.23. The summed E-state index contributed by atoms with van der Waals surface area (Å²) in [5, 5.41) is 3.45. The quantitative estimate of drug-likeness (QED) is 0.276. The van der Waals surface area contributed by atoms with Gasteiger partial charge < -0.3 is 14.0 Å². The molecule has 4 aromatic rings. The van der Waals surface area contributed by atoms with Crippen LogP contribution >= 0.6 is 12.8 Å². The van der Waals surface area contributed by atoms with Crippen LogP contribution in [-0.4, -0.2) is 19.5 Å². The first-order valence-corrected chi connectivity index (χ1v) is 12.6. The molecule has 1 saturated carbocycles. The van der Waals surface area contributed by atoms with Crippen molar-refractivity contribution >= 4 is 35.4 Å². The van der Waals surface area contributed by atoms with Gasteiger partial charge in [0.25, 0.3) is 5.91 Å². The van der Waals surface area contributed by atoms with E-state index in [2.05, 4.69) is 17.4 Å². The predicted molar refractivity (Wildman–Crippen MR) is 143 cm³/mol. The van der Waals surface area contributed by atoms with Crippen molar-refractivity contribution in [2.75, 3.05) is 17.9 Å². The van der Waals surface area contributed by atoms with Gasteiger partial charge in [-0.25, -0.2) is 4.39 Å². The monoisotopic (exact) mass is 488 g/mol. The molecule has 0 atom stereocenters. The highest BCUT2D eigenvalue weighted by Crippen LogP contribution is 2.42. The van der Waals surface area contributed by atoms with Crippen molar-refractivity contribution < 1.29 is 13.6 Å². The molecule has 1 aliphatic carbocycles. The van der Waals surface area contributed by atoms with Crippen molar-refractivity contribution in [3.05, 3.63) is 78.1 Å². The summed E-state index contributed by atoms with van der Waals surface area (Å²) >= 11 is 4.92. The second-order valence-electron chi connectivity index (χ2n) is 9.21. The summed E-state index contributed by atoms with van der Waals surface area (Å²) in [5.41, 5.74) is 4.66. The molecule has 1 aliphatic rings. The number of hydrogen-bond donors (Lipinski definition) is 2. The Labute approximate surface area is 210 Å². The summed E-state index contributed by atoms with van der Waals surface area (Å²) < 4.78 is 21.9. The summed E-state index contributed by atoms with van der Waals surface area (Å²) in [5.74, 6) is 0.440. The third-order valence-electron chi connectivity index (χ3n) is 6.89. The van der Waals surface area contributed by atoms with Gasteiger partial charge >= 0.3 is 0 Å². The van der Waals surface area contributed by atoms with Gasteiger partial charge in [0.05, 0.1) is 11.3 Å². The van der Waals surface area contributed by atoms with Gasteiger partial charge in [0, 0.05) is 36.2 Å². The zero-order valence-corrected chi connectivity index (χ0v) is 20.7. The molecule has 1 amide bonds. The fraction of sp³-hybridized carbons (Fsp3) is 0.276. The topological polar surface area (TPSA) is 45.5 Å². The third kappa shape index (κ3) is 4.80. The van der Waals surface area contributed by atoms with Crippen molar-refractivity contribution in [1.82, 2.24) is 5.32 Å². The third-order valence-corrected chi connectivity index (χ3v) is 7.26. The first kappa shape index (κ1) is 23.5. The SMILES string of the molecule is CNC(=O)c1c(-c2ccc(F)cc2)oc2cc(N(S)CC3CCCCC3)c(-c3ccccc3)cc12. The van der Waals surface area contributed by atoms with E-state index < -0.39 is 0 Å². The summed E-state index contributed by atoms with van der Waals surface area (Å²) in [6.45, 7) is 0.849. The Hall–Kier alpha value is -3.25. The Morgan fingerprint density at radius 1 is 1.03 bits per heavy atom. The molecule has 1 aromatic heterocycles. The lowest BCUT2D eigenvalue weighted by molar-refractivity contribution is 0.0964. The van der Waals surface area contributed by atoms with Crippen LogP contribution in [0.1, 0.15) is 42.5 Å². The van der Waals surface area contributed by atoms with E-state index in [1.165, 1.54) is 44.2 Å². The van der Waals surface area contributed by atoms with Crippen LogP contribution in [0.25, 0.3) is 33.4 Å². The summed E-state index contributed by atoms with van der Waals surface area (Å²) in [6, 6.07) is 20.1. The average molecular weight is 489 g/mol. The molecule has 1 fully saturated rings. The largest absolute Gasteiger partial charge is 0.455 e. The smallest absolute Gasteiger partial charge is 0.255 e. The molecule has 35 heavy (non-hydrogen) atoms. The molecule has 0 spiro atoms. The Morgan fingerprint density at radius 2 is 1.74 bits per heavy atom. The predicted octanol–water partition coefficient (Wildman–Crippen LogP) is 7.50. The molecule has 6 heteroatoms. The lowest BCUT2D eigenvalue weighted by atomic mass is 9.89. The van der Waals surface area contributed by atoms with E-state index in [9.17, 15) is 9.18 Å². The number of benzene rings is 3. The summed E-state index contributed by atoms with van der Waals surface area (Å²) in [4.78, 5) is 13.0. The highest BCUT2D eigenvalue weighted by atomic mass is 32.1. The zero-order chi connectivity index (χ0) is 24.4. The zero-order valence-electron chi connectivity index (χ0n) is 19.8. The van der Waals surface area contributed by atoms with Gasteiger partial charge in [0.2, 0.25) is 0 Å². The first-order chi connectivity index (χ1) is 17.0. The van der Waals surface area contributed by atoms with Gasteiger partial charge in [-0.2, -0.15) is 0 Å². The Balaban J connectivity index is 1.68. The maximum absolute atomic E-state index is 13.6. The first-order valence-electron chi connectivity index (χ1n) is 12.2. The van der Waals surface area contributed by atoms with Crippen molar-refractivity contribution in [2.45, 2.75) is 32.1 Å². The molecule has 180 valence electrons. The van der Waals surface area contributed by atoms with Gasteiger partial charge in [-0.15, -0.1) is 0 Å². The minimum Gasteiger partial charge on any atom is -0.455 e. The van der Waals surface area contributed by atoms with E-state index in [0.29, 0.717) is 33.8 Å². The minimum absolute atomic E-state index is 0.250. The number of hydrogen-bond acceptors (Lipinski definition) is 4. The second-order valence-corrected chi connectivity index (χ2v) is 9.69. The number of nitrogens with one attached hydrogen (secondary N) is 1. The molecule has 0 saturated heterocycles. The van der Waals surface area contributed by atoms with E-state index in [-0.39, 0.29) is 11.7 Å². The van der Waals surface area contributed by atoms with E-state index in [0.717, 1.165) is 23.4 Å². The normalized spacial score (nSPS) is 14.3. The highest BCUT2D eigenvalue weighted by molar-refractivity contribution is 7.81. The number of fused-ring (bicyclic) bond motifs is 1. The van der Waals surface area contributed by atoms with Gasteiger partial charge in [-0.3, -0.25) is 4.79 Å². The van der Waals surface area contributed by atoms with Crippen LogP contribution in [0, 0.1) is 11.7 Å². The van der Waals surface area contributed by atoms with Crippen molar-refractivity contribution in [1.29, 1.82) is 0 Å². The van der Waals surface area contributed by atoms with Crippen LogP contribution < -0.4 is 9.62 Å². The van der Waals surface area contributed by atoms with Crippen LogP contribution in [0.4, 0.5) is 10.1 Å². The fourth-order valence-electron chi connectivity index (χ4n) is 5.06. The molecular weight excluding hydrogens is 459 g/mol. The number of carbonyl (C=O) groups excluding carboxylic acids is 1. The average Bonchev–Trinajstić information content (AvgIpc) is 3.27. The van der Waals surface area contributed by atoms with E-state index in [4.69, 9.17) is 17.2 Å². The molecule has 0 bridgehead atoms. The molecule has 5 rings (SSSR count). The van der Waals surface area contributed by atoms with Crippen LogP contribution in [0.2, 0.25) is 0 Å². The molecule has 1 N–H and O–H groups in total. The highest BCUT2D eigenvalue weighted by Gasteiger charge is 2.25. The number of anilines is 1. The fourth-order valence-corrected chi connectivity index (χ4v) is 5.46. The molecule has 1 heterocycles. The number of furan rings is 1. The molecule has 4 nitrogen and oxygen atoms in total. The van der Waals surface area contributed by atoms with E-state index >= 15 is 0 Å². The Bertz CT molecular complexity index is 1330. The standard InChI is InChI=1S/C29H29FN2O2S/c1-31-29(33)27-24-16-23(20-10-6-3-7-11-20)25(32(35)18-19-8-4-2-5-9-19)17-26(24)34-28(27)21-12-14-22(30)15-13-21/h3,6-7,10-17,19,35H,2,4-5,8-9,18H2,1H3,(H,31,33). The van der Waals surface area contributed by atoms with Crippen LogP contribution in [0.5, 0.6) is 0 Å². The van der Waals surface area contributed by atoms with Crippen LogP contribution in [-0.2, 0) is 0 Å². The van der Waals surface area contributed by atoms with Crippen molar-refractivity contribution in [3.8, 4) is 22.5 Å². The maximum Gasteiger partial charge on any atom is 0.255 e. The molecular formula is C29H29FN2O2S. The lowest BCUT2D eigenvalue weighted by Gasteiger charge is -2.28. The van der Waals surface area contributed by atoms with Gasteiger partial charge in [0.1, 0.15) is 17.2 Å². The van der Waals surface area contributed by atoms with Crippen LogP contribution in [0.15, 0.2) is 71.1 Å². The maximum atomic E-state index is 13.6. The summed E-state index contributed by atoms with van der Waals surface area (Å²) in [7, 11) is 1.60. The second kappa shape index (κ2) is 10.2. The number of rotatable bonds is 6.